The molecule has 0 aromatic heterocycles. The number of benzene rings is 1. The maximum atomic E-state index is 10.7. The van der Waals surface area contributed by atoms with Crippen LogP contribution in [0.3, 0.4) is 0 Å². The molecule has 0 bridgehead atoms. The van der Waals surface area contributed by atoms with E-state index in [9.17, 15) is 10.1 Å². The van der Waals surface area contributed by atoms with E-state index < -0.39 is 4.92 Å². The molecule has 1 fully saturated rings. The average molecular weight is 294 g/mol. The zero-order valence-corrected chi connectivity index (χ0v) is 12.3. The molecular weight excluding hydrogens is 272 g/mol. The number of rotatable bonds is 7. The third-order valence-electron chi connectivity index (χ3n) is 3.81. The van der Waals surface area contributed by atoms with Crippen molar-refractivity contribution in [3.05, 3.63) is 34.4 Å². The molecule has 1 aromatic carbocycles. The number of nitro benzene ring substituents is 1. The molecule has 1 aliphatic carbocycles. The Balaban J connectivity index is 1.74. The van der Waals surface area contributed by atoms with Crippen LogP contribution in [-0.2, 0) is 4.74 Å². The van der Waals surface area contributed by atoms with E-state index in [1.165, 1.54) is 25.0 Å². The number of hydrogen-bond donors (Lipinski definition) is 1. The van der Waals surface area contributed by atoms with Gasteiger partial charge < -0.3 is 14.8 Å². The molecular formula is C15H22N2O4. The lowest BCUT2D eigenvalue weighted by Gasteiger charge is -2.31. The number of methoxy groups -OCH3 is 1. The first-order valence-corrected chi connectivity index (χ1v) is 7.34. The quantitative estimate of drug-likeness (QED) is 0.475. The smallest absolute Gasteiger partial charge is 0.273 e. The Hall–Kier alpha value is -1.66. The van der Waals surface area contributed by atoms with Crippen molar-refractivity contribution in [2.24, 2.45) is 0 Å². The van der Waals surface area contributed by atoms with Crippen LogP contribution in [0.15, 0.2) is 24.3 Å². The van der Waals surface area contributed by atoms with E-state index in [0.29, 0.717) is 24.9 Å². The summed E-state index contributed by atoms with van der Waals surface area (Å²) in [6.45, 7) is 1.18. The van der Waals surface area contributed by atoms with Gasteiger partial charge in [-0.3, -0.25) is 10.1 Å². The van der Waals surface area contributed by atoms with Gasteiger partial charge in [-0.05, 0) is 18.9 Å². The minimum Gasteiger partial charge on any atom is -0.492 e. The number of hydrogen-bond acceptors (Lipinski definition) is 5. The van der Waals surface area contributed by atoms with Gasteiger partial charge in [0.2, 0.25) is 0 Å². The third-order valence-corrected chi connectivity index (χ3v) is 3.81. The van der Waals surface area contributed by atoms with Gasteiger partial charge in [0.15, 0.2) is 0 Å². The molecule has 0 amide bonds. The van der Waals surface area contributed by atoms with Crippen molar-refractivity contribution in [2.45, 2.75) is 37.8 Å². The van der Waals surface area contributed by atoms with Crippen LogP contribution in [0.2, 0.25) is 0 Å². The molecule has 1 aliphatic rings. The Morgan fingerprint density at radius 1 is 1.38 bits per heavy atom. The first kappa shape index (κ1) is 15.7. The Bertz CT molecular complexity index is 467. The highest BCUT2D eigenvalue weighted by atomic mass is 16.6. The van der Waals surface area contributed by atoms with E-state index in [4.69, 9.17) is 9.47 Å². The van der Waals surface area contributed by atoms with Crippen molar-refractivity contribution in [3.8, 4) is 5.75 Å². The average Bonchev–Trinajstić information content (AvgIpc) is 2.52. The first-order chi connectivity index (χ1) is 10.2. The molecule has 116 valence electrons. The number of nitro groups is 1. The summed E-state index contributed by atoms with van der Waals surface area (Å²) in [7, 11) is 1.75. The molecule has 0 spiro atoms. The van der Waals surface area contributed by atoms with Crippen LogP contribution >= 0.6 is 0 Å². The van der Waals surface area contributed by atoms with Crippen molar-refractivity contribution >= 4 is 5.69 Å². The molecule has 1 aromatic rings. The van der Waals surface area contributed by atoms with Gasteiger partial charge in [-0.25, -0.2) is 0 Å². The summed E-state index contributed by atoms with van der Waals surface area (Å²) < 4.78 is 11.0. The zero-order chi connectivity index (χ0) is 15.1. The Labute approximate surface area is 124 Å². The molecule has 0 heterocycles. The Morgan fingerprint density at radius 2 is 2.19 bits per heavy atom. The van der Waals surface area contributed by atoms with Crippen molar-refractivity contribution < 1.29 is 14.4 Å². The first-order valence-electron chi connectivity index (χ1n) is 7.34. The summed E-state index contributed by atoms with van der Waals surface area (Å²) in [4.78, 5) is 10.3. The van der Waals surface area contributed by atoms with Crippen LogP contribution in [0.1, 0.15) is 25.7 Å². The predicted octanol–water partition coefficient (Wildman–Crippen LogP) is 2.52. The number of nitrogens with zero attached hydrogens (tertiary/aromatic N) is 1. The van der Waals surface area contributed by atoms with E-state index in [0.717, 1.165) is 12.8 Å². The van der Waals surface area contributed by atoms with E-state index in [1.54, 1.807) is 19.2 Å². The highest BCUT2D eigenvalue weighted by Crippen LogP contribution is 2.21. The highest BCUT2D eigenvalue weighted by Gasteiger charge is 2.23. The van der Waals surface area contributed by atoms with E-state index in [-0.39, 0.29) is 11.8 Å². The fourth-order valence-electron chi connectivity index (χ4n) is 2.71. The molecule has 2 rings (SSSR count). The van der Waals surface area contributed by atoms with Crippen LogP contribution in [-0.4, -0.2) is 37.3 Å². The highest BCUT2D eigenvalue weighted by molar-refractivity contribution is 5.37. The molecule has 0 saturated heterocycles. The monoisotopic (exact) mass is 294 g/mol. The van der Waals surface area contributed by atoms with Crippen LogP contribution in [0.5, 0.6) is 5.75 Å². The van der Waals surface area contributed by atoms with Crippen molar-refractivity contribution in [2.75, 3.05) is 20.3 Å². The molecule has 21 heavy (non-hydrogen) atoms. The van der Waals surface area contributed by atoms with Gasteiger partial charge in [0.25, 0.3) is 5.69 Å². The molecule has 0 unspecified atom stereocenters. The van der Waals surface area contributed by atoms with Crippen molar-refractivity contribution in [1.29, 1.82) is 0 Å². The van der Waals surface area contributed by atoms with Gasteiger partial charge in [0.1, 0.15) is 12.4 Å². The molecule has 2 atom stereocenters. The predicted molar refractivity (Wildman–Crippen MR) is 79.6 cm³/mol. The second-order valence-corrected chi connectivity index (χ2v) is 5.22. The minimum absolute atomic E-state index is 0.0483. The minimum atomic E-state index is -0.420. The summed E-state index contributed by atoms with van der Waals surface area (Å²) in [6, 6.07) is 6.63. The largest absolute Gasteiger partial charge is 0.492 e. The van der Waals surface area contributed by atoms with Gasteiger partial charge in [-0.1, -0.05) is 18.9 Å². The third kappa shape index (κ3) is 4.68. The molecule has 0 aliphatic heterocycles. The van der Waals surface area contributed by atoms with Crippen LogP contribution in [0.25, 0.3) is 0 Å². The standard InChI is InChI=1S/C15H22N2O4/c1-20-15-8-3-2-7-14(15)16-9-10-21-13-6-4-5-12(11-13)17(18)19/h4-6,11,14-16H,2-3,7-10H2,1H3/t14-,15+/m0/s1. The molecule has 6 nitrogen and oxygen atoms in total. The molecule has 0 radical (unpaired) electrons. The lowest BCUT2D eigenvalue weighted by molar-refractivity contribution is -0.384. The van der Waals surface area contributed by atoms with Gasteiger partial charge in [-0.15, -0.1) is 0 Å². The zero-order valence-electron chi connectivity index (χ0n) is 12.3. The van der Waals surface area contributed by atoms with Crippen LogP contribution in [0, 0.1) is 10.1 Å². The second kappa shape index (κ2) is 7.95. The maximum Gasteiger partial charge on any atom is 0.273 e. The Morgan fingerprint density at radius 3 is 2.95 bits per heavy atom. The summed E-state index contributed by atoms with van der Waals surface area (Å²) in [6.07, 6.45) is 4.94. The van der Waals surface area contributed by atoms with E-state index >= 15 is 0 Å². The second-order valence-electron chi connectivity index (χ2n) is 5.22. The summed E-state index contributed by atoms with van der Waals surface area (Å²) in [5, 5.41) is 14.1. The van der Waals surface area contributed by atoms with Gasteiger partial charge in [-0.2, -0.15) is 0 Å². The Kier molecular flexibility index (Phi) is 5.95. The van der Waals surface area contributed by atoms with E-state index in [2.05, 4.69) is 5.32 Å². The van der Waals surface area contributed by atoms with Gasteiger partial charge in [0, 0.05) is 25.8 Å². The number of ether oxygens (including phenoxy) is 2. The lowest BCUT2D eigenvalue weighted by Crippen LogP contribution is -2.44. The topological polar surface area (TPSA) is 73.6 Å². The SMILES string of the molecule is CO[C@@H]1CCCC[C@@H]1NCCOc1cccc([N+](=O)[O-])c1. The van der Waals surface area contributed by atoms with Gasteiger partial charge in [0.05, 0.1) is 17.1 Å². The normalized spacial score (nSPS) is 22.0. The molecule has 1 saturated carbocycles. The van der Waals surface area contributed by atoms with E-state index in [1.807, 2.05) is 0 Å². The fourth-order valence-corrected chi connectivity index (χ4v) is 2.71. The van der Waals surface area contributed by atoms with Crippen molar-refractivity contribution in [3.63, 3.8) is 0 Å². The maximum absolute atomic E-state index is 10.7. The lowest BCUT2D eigenvalue weighted by atomic mass is 9.92. The summed E-state index contributed by atoms with van der Waals surface area (Å²) in [5.41, 5.74) is 0.0483. The number of non-ortho nitro benzene ring substituents is 1. The fraction of sp³-hybridized carbons (Fsp3) is 0.600. The molecule has 1 N–H and O–H groups in total. The van der Waals surface area contributed by atoms with Crippen LogP contribution < -0.4 is 10.1 Å². The molecule has 6 heteroatoms. The summed E-state index contributed by atoms with van der Waals surface area (Å²) in [5.74, 6) is 0.526. The van der Waals surface area contributed by atoms with Crippen LogP contribution in [0.4, 0.5) is 5.69 Å². The van der Waals surface area contributed by atoms with Crippen molar-refractivity contribution in [1.82, 2.24) is 5.32 Å². The van der Waals surface area contributed by atoms with Gasteiger partial charge >= 0.3 is 0 Å². The summed E-state index contributed by atoms with van der Waals surface area (Å²) >= 11 is 0. The number of nitrogens with one attached hydrogen (secondary N) is 1.